The summed E-state index contributed by atoms with van der Waals surface area (Å²) in [5, 5.41) is 3.00. The van der Waals surface area contributed by atoms with E-state index < -0.39 is 15.9 Å². The first-order valence-corrected chi connectivity index (χ1v) is 11.6. The van der Waals surface area contributed by atoms with E-state index in [2.05, 4.69) is 19.4 Å². The number of nitrogens with zero attached hydrogens (tertiary/aromatic N) is 2. The average molecular weight is 451 g/mol. The molecule has 31 heavy (non-hydrogen) atoms. The molecule has 0 spiro atoms. The van der Waals surface area contributed by atoms with Crippen molar-refractivity contribution in [2.75, 3.05) is 10.0 Å². The summed E-state index contributed by atoms with van der Waals surface area (Å²) in [6, 6.07) is 22.2. The van der Waals surface area contributed by atoms with E-state index >= 15 is 0 Å². The van der Waals surface area contributed by atoms with Gasteiger partial charge < -0.3 is 0 Å². The third kappa shape index (κ3) is 4.96. The van der Waals surface area contributed by atoms with Crippen LogP contribution in [-0.4, -0.2) is 23.7 Å². The summed E-state index contributed by atoms with van der Waals surface area (Å²) in [4.78, 5) is 17.0. The molecule has 0 saturated carbocycles. The van der Waals surface area contributed by atoms with Gasteiger partial charge in [-0.15, -0.1) is 0 Å². The molecule has 0 unspecified atom stereocenters. The van der Waals surface area contributed by atoms with Crippen LogP contribution in [-0.2, 0) is 10.0 Å². The van der Waals surface area contributed by atoms with Crippen LogP contribution in [0.5, 0.6) is 0 Å². The van der Waals surface area contributed by atoms with Gasteiger partial charge in [0.1, 0.15) is 0 Å². The molecular formula is C22H18N4O3S2. The molecule has 0 aliphatic rings. The molecule has 0 aliphatic carbocycles. The molecule has 4 rings (SSSR count). The van der Waals surface area contributed by atoms with E-state index in [9.17, 15) is 13.2 Å². The monoisotopic (exact) mass is 450 g/mol. The van der Waals surface area contributed by atoms with Crippen molar-refractivity contribution in [1.29, 1.82) is 0 Å². The van der Waals surface area contributed by atoms with Gasteiger partial charge in [0, 0.05) is 28.3 Å². The number of carbonyl (C=O) groups excluding carboxylic acids is 1. The van der Waals surface area contributed by atoms with Crippen molar-refractivity contribution in [2.24, 2.45) is 0 Å². The van der Waals surface area contributed by atoms with E-state index in [-0.39, 0.29) is 10.5 Å². The zero-order valence-electron chi connectivity index (χ0n) is 16.4. The van der Waals surface area contributed by atoms with Gasteiger partial charge in [0.15, 0.2) is 5.82 Å². The summed E-state index contributed by atoms with van der Waals surface area (Å²) in [5.41, 5.74) is 2.51. The molecule has 0 saturated heterocycles. The lowest BCUT2D eigenvalue weighted by molar-refractivity contribution is 0.102. The maximum absolute atomic E-state index is 12.7. The van der Waals surface area contributed by atoms with Gasteiger partial charge in [-0.3, -0.25) is 14.8 Å². The number of aromatic nitrogens is 2. The Morgan fingerprint density at radius 1 is 0.935 bits per heavy atom. The molecule has 2 N–H and O–H groups in total. The van der Waals surface area contributed by atoms with Gasteiger partial charge in [-0.25, -0.2) is 8.42 Å². The van der Waals surface area contributed by atoms with E-state index in [4.69, 9.17) is 0 Å². The van der Waals surface area contributed by atoms with Crippen LogP contribution in [0, 0.1) is 6.92 Å². The zero-order valence-corrected chi connectivity index (χ0v) is 18.1. The smallest absolute Gasteiger partial charge is 0.261 e. The molecule has 7 nitrogen and oxygen atoms in total. The fourth-order valence-electron chi connectivity index (χ4n) is 2.79. The minimum atomic E-state index is -3.84. The van der Waals surface area contributed by atoms with Crippen LogP contribution in [0.3, 0.4) is 0 Å². The molecule has 4 aromatic rings. The number of hydrogen-bond acceptors (Lipinski definition) is 6. The van der Waals surface area contributed by atoms with E-state index in [1.54, 1.807) is 18.2 Å². The van der Waals surface area contributed by atoms with E-state index in [0.29, 0.717) is 16.6 Å². The zero-order chi connectivity index (χ0) is 21.8. The highest BCUT2D eigenvalue weighted by molar-refractivity contribution is 7.92. The number of carbonyl (C=O) groups is 1. The summed E-state index contributed by atoms with van der Waals surface area (Å²) in [6.07, 6.45) is 0. The lowest BCUT2D eigenvalue weighted by Gasteiger charge is -2.09. The van der Waals surface area contributed by atoms with Crippen molar-refractivity contribution in [3.8, 4) is 11.4 Å². The van der Waals surface area contributed by atoms with E-state index in [1.165, 1.54) is 18.2 Å². The molecule has 0 fully saturated rings. The third-order valence-electron chi connectivity index (χ3n) is 4.39. The van der Waals surface area contributed by atoms with Crippen LogP contribution in [0.1, 0.15) is 15.9 Å². The van der Waals surface area contributed by atoms with Gasteiger partial charge in [0.2, 0.25) is 5.13 Å². The second-order valence-corrected chi connectivity index (χ2v) is 9.18. The maximum Gasteiger partial charge on any atom is 0.261 e. The van der Waals surface area contributed by atoms with Gasteiger partial charge in [-0.05, 0) is 37.3 Å². The van der Waals surface area contributed by atoms with Gasteiger partial charge in [-0.1, -0.05) is 54.1 Å². The van der Waals surface area contributed by atoms with Crippen molar-refractivity contribution in [3.05, 3.63) is 90.0 Å². The van der Waals surface area contributed by atoms with Crippen LogP contribution in [0.15, 0.2) is 83.8 Å². The summed E-state index contributed by atoms with van der Waals surface area (Å²) >= 11 is 1.06. The van der Waals surface area contributed by atoms with Gasteiger partial charge in [0.25, 0.3) is 15.9 Å². The topological polar surface area (TPSA) is 101 Å². The molecule has 9 heteroatoms. The first-order chi connectivity index (χ1) is 14.9. The van der Waals surface area contributed by atoms with Crippen LogP contribution in [0.25, 0.3) is 11.4 Å². The molecule has 3 aromatic carbocycles. The van der Waals surface area contributed by atoms with E-state index in [1.807, 2.05) is 49.4 Å². The standard InChI is InChI=1S/C22H18N4O3S2/c1-15-10-12-18(13-11-15)26-31(28,29)19-9-5-8-17(14-19)21(27)24-22-23-20(25-30-22)16-6-3-2-4-7-16/h2-14,26H,1H3,(H,23,24,25,27). The highest BCUT2D eigenvalue weighted by Gasteiger charge is 2.17. The predicted octanol–water partition coefficient (Wildman–Crippen LogP) is 4.57. The summed E-state index contributed by atoms with van der Waals surface area (Å²) in [5.74, 6) is 0.0441. The Kier molecular flexibility index (Phi) is 5.79. The third-order valence-corrected chi connectivity index (χ3v) is 6.40. The Labute approximate surface area is 184 Å². The highest BCUT2D eigenvalue weighted by atomic mass is 32.2. The van der Waals surface area contributed by atoms with Gasteiger partial charge in [0.05, 0.1) is 4.90 Å². The Morgan fingerprint density at radius 3 is 2.42 bits per heavy atom. The highest BCUT2D eigenvalue weighted by Crippen LogP contribution is 2.22. The number of hydrogen-bond donors (Lipinski definition) is 2. The first-order valence-electron chi connectivity index (χ1n) is 9.31. The lowest BCUT2D eigenvalue weighted by atomic mass is 10.2. The number of anilines is 2. The minimum absolute atomic E-state index is 0.0111. The largest absolute Gasteiger partial charge is 0.297 e. The molecule has 0 atom stereocenters. The number of benzene rings is 3. The van der Waals surface area contributed by atoms with Crippen molar-refractivity contribution in [2.45, 2.75) is 11.8 Å². The lowest BCUT2D eigenvalue weighted by Crippen LogP contribution is -2.16. The first kappa shape index (κ1) is 20.7. The second-order valence-electron chi connectivity index (χ2n) is 6.74. The molecule has 1 aromatic heterocycles. The van der Waals surface area contributed by atoms with Crippen LogP contribution in [0.2, 0.25) is 0 Å². The van der Waals surface area contributed by atoms with E-state index in [0.717, 1.165) is 22.7 Å². The normalized spacial score (nSPS) is 11.1. The summed E-state index contributed by atoms with van der Waals surface area (Å²) in [7, 11) is -3.84. The summed E-state index contributed by atoms with van der Waals surface area (Å²) < 4.78 is 32.2. The maximum atomic E-state index is 12.7. The Morgan fingerprint density at radius 2 is 1.68 bits per heavy atom. The molecular weight excluding hydrogens is 432 g/mol. The second kappa shape index (κ2) is 8.66. The van der Waals surface area contributed by atoms with Crippen molar-refractivity contribution in [3.63, 3.8) is 0 Å². The fourth-order valence-corrected chi connectivity index (χ4v) is 4.48. The van der Waals surface area contributed by atoms with Crippen LogP contribution in [0.4, 0.5) is 10.8 Å². The SMILES string of the molecule is Cc1ccc(NS(=O)(=O)c2cccc(C(=O)Nc3nc(-c4ccccc4)ns3)c2)cc1. The van der Waals surface area contributed by atoms with Crippen molar-refractivity contribution in [1.82, 2.24) is 9.36 Å². The number of nitrogens with one attached hydrogen (secondary N) is 2. The molecule has 0 bridgehead atoms. The molecule has 1 amide bonds. The van der Waals surface area contributed by atoms with Crippen molar-refractivity contribution >= 4 is 38.3 Å². The minimum Gasteiger partial charge on any atom is -0.297 e. The molecule has 0 radical (unpaired) electrons. The number of amides is 1. The number of sulfonamides is 1. The number of aryl methyl sites for hydroxylation is 1. The van der Waals surface area contributed by atoms with Crippen LogP contribution < -0.4 is 10.0 Å². The molecule has 0 aliphatic heterocycles. The summed E-state index contributed by atoms with van der Waals surface area (Å²) in [6.45, 7) is 1.92. The Bertz CT molecular complexity index is 1320. The number of rotatable bonds is 6. The predicted molar refractivity (Wildman–Crippen MR) is 122 cm³/mol. The average Bonchev–Trinajstić information content (AvgIpc) is 3.24. The fraction of sp³-hybridized carbons (Fsp3) is 0.0455. The molecule has 1 heterocycles. The Hall–Kier alpha value is -3.56. The van der Waals surface area contributed by atoms with Gasteiger partial charge >= 0.3 is 0 Å². The van der Waals surface area contributed by atoms with Crippen molar-refractivity contribution < 1.29 is 13.2 Å². The van der Waals surface area contributed by atoms with Crippen LogP contribution >= 0.6 is 11.5 Å². The Balaban J connectivity index is 1.50. The molecule has 156 valence electrons. The quantitative estimate of drug-likeness (QED) is 0.448. The van der Waals surface area contributed by atoms with Gasteiger partial charge in [-0.2, -0.15) is 9.36 Å².